The molecule has 0 radical (unpaired) electrons. The average molecular weight is 253 g/mol. The lowest BCUT2D eigenvalue weighted by atomic mass is 10.2. The van der Waals surface area contributed by atoms with E-state index in [2.05, 4.69) is 32.4 Å². The highest BCUT2D eigenvalue weighted by Gasteiger charge is 2.02. The predicted octanol–water partition coefficient (Wildman–Crippen LogP) is 2.46. The quantitative estimate of drug-likeness (QED) is 0.670. The third-order valence-electron chi connectivity index (χ3n) is 3.04. The van der Waals surface area contributed by atoms with Crippen LogP contribution in [-0.4, -0.2) is 15.0 Å². The standard InChI is InChI=1S/C14H15N5/c1-9-4-11(15)7-17-14(9)16-6-10-2-3-12-13(5-10)19-8-18-12/h2-5,7-8H,6,15H2,1H3,(H,16,17)(H,18,19). The van der Waals surface area contributed by atoms with E-state index in [4.69, 9.17) is 5.73 Å². The summed E-state index contributed by atoms with van der Waals surface area (Å²) in [5.74, 6) is 0.860. The number of anilines is 2. The number of nitrogens with one attached hydrogen (secondary N) is 2. The van der Waals surface area contributed by atoms with Crippen molar-refractivity contribution in [3.05, 3.63) is 47.9 Å². The molecule has 0 atom stereocenters. The molecule has 0 fully saturated rings. The van der Waals surface area contributed by atoms with E-state index >= 15 is 0 Å². The van der Waals surface area contributed by atoms with Crippen molar-refractivity contribution in [1.29, 1.82) is 0 Å². The van der Waals surface area contributed by atoms with E-state index in [1.165, 1.54) is 5.56 Å². The fourth-order valence-electron chi connectivity index (χ4n) is 2.06. The summed E-state index contributed by atoms with van der Waals surface area (Å²) in [7, 11) is 0. The van der Waals surface area contributed by atoms with E-state index in [0.29, 0.717) is 12.2 Å². The summed E-state index contributed by atoms with van der Waals surface area (Å²) in [4.78, 5) is 11.6. The summed E-state index contributed by atoms with van der Waals surface area (Å²) in [5.41, 5.74) is 10.6. The molecular formula is C14H15N5. The Hall–Kier alpha value is -2.56. The smallest absolute Gasteiger partial charge is 0.129 e. The van der Waals surface area contributed by atoms with Crippen LogP contribution in [0.15, 0.2) is 36.8 Å². The second-order valence-corrected chi connectivity index (χ2v) is 4.54. The number of hydrogen-bond donors (Lipinski definition) is 3. The van der Waals surface area contributed by atoms with Gasteiger partial charge in [0.05, 0.1) is 29.2 Å². The van der Waals surface area contributed by atoms with Crippen LogP contribution in [0.1, 0.15) is 11.1 Å². The number of nitrogen functional groups attached to an aromatic ring is 1. The minimum atomic E-state index is 0.682. The zero-order valence-electron chi connectivity index (χ0n) is 10.6. The third kappa shape index (κ3) is 2.35. The van der Waals surface area contributed by atoms with Crippen molar-refractivity contribution in [1.82, 2.24) is 15.0 Å². The van der Waals surface area contributed by atoms with E-state index in [1.807, 2.05) is 19.1 Å². The number of imidazole rings is 1. The minimum Gasteiger partial charge on any atom is -0.397 e. The number of fused-ring (bicyclic) bond motifs is 1. The highest BCUT2D eigenvalue weighted by Crippen LogP contribution is 2.16. The van der Waals surface area contributed by atoms with Gasteiger partial charge in [-0.05, 0) is 36.2 Å². The largest absolute Gasteiger partial charge is 0.397 e. The average Bonchev–Trinajstić information content (AvgIpc) is 2.85. The molecule has 2 heterocycles. The molecule has 5 heteroatoms. The molecule has 0 saturated carbocycles. The maximum Gasteiger partial charge on any atom is 0.129 e. The maximum atomic E-state index is 5.68. The number of rotatable bonds is 3. The van der Waals surface area contributed by atoms with Crippen LogP contribution in [0.2, 0.25) is 0 Å². The van der Waals surface area contributed by atoms with Crippen LogP contribution in [-0.2, 0) is 6.54 Å². The lowest BCUT2D eigenvalue weighted by Gasteiger charge is -2.09. The lowest BCUT2D eigenvalue weighted by molar-refractivity contribution is 1.10. The SMILES string of the molecule is Cc1cc(N)cnc1NCc1ccc2nc[nH]c2c1. The van der Waals surface area contributed by atoms with E-state index in [1.54, 1.807) is 12.5 Å². The molecule has 3 aromatic rings. The summed E-state index contributed by atoms with van der Waals surface area (Å²) in [6.07, 6.45) is 3.36. The predicted molar refractivity (Wildman–Crippen MR) is 76.8 cm³/mol. The highest BCUT2D eigenvalue weighted by atomic mass is 15.0. The third-order valence-corrected chi connectivity index (χ3v) is 3.04. The first kappa shape index (κ1) is 11.5. The van der Waals surface area contributed by atoms with Gasteiger partial charge in [0.1, 0.15) is 5.82 Å². The summed E-state index contributed by atoms with van der Waals surface area (Å²) in [6, 6.07) is 8.06. The Morgan fingerprint density at radius 1 is 1.26 bits per heavy atom. The molecule has 0 bridgehead atoms. The van der Waals surface area contributed by atoms with Crippen LogP contribution >= 0.6 is 0 Å². The Morgan fingerprint density at radius 2 is 2.16 bits per heavy atom. The molecule has 0 aliphatic rings. The van der Waals surface area contributed by atoms with Crippen molar-refractivity contribution in [3.63, 3.8) is 0 Å². The van der Waals surface area contributed by atoms with Crippen LogP contribution in [0.25, 0.3) is 11.0 Å². The molecule has 3 rings (SSSR count). The van der Waals surface area contributed by atoms with Gasteiger partial charge in [0.25, 0.3) is 0 Å². The first-order valence-corrected chi connectivity index (χ1v) is 6.10. The lowest BCUT2D eigenvalue weighted by Crippen LogP contribution is -2.03. The monoisotopic (exact) mass is 253 g/mol. The van der Waals surface area contributed by atoms with Crippen molar-refractivity contribution in [2.75, 3.05) is 11.1 Å². The van der Waals surface area contributed by atoms with E-state index < -0.39 is 0 Å². The van der Waals surface area contributed by atoms with E-state index in [9.17, 15) is 0 Å². The second-order valence-electron chi connectivity index (χ2n) is 4.54. The number of H-pyrrole nitrogens is 1. The molecule has 0 saturated heterocycles. The van der Waals surface area contributed by atoms with Crippen LogP contribution in [0.5, 0.6) is 0 Å². The molecule has 1 aromatic carbocycles. The van der Waals surface area contributed by atoms with Gasteiger partial charge in [-0.25, -0.2) is 9.97 Å². The normalized spacial score (nSPS) is 10.8. The Labute approximate surface area is 110 Å². The summed E-state index contributed by atoms with van der Waals surface area (Å²) >= 11 is 0. The number of pyridine rings is 1. The maximum absolute atomic E-state index is 5.68. The van der Waals surface area contributed by atoms with Gasteiger partial charge < -0.3 is 16.0 Å². The molecule has 2 aromatic heterocycles. The molecule has 0 aliphatic carbocycles. The first-order valence-electron chi connectivity index (χ1n) is 6.10. The topological polar surface area (TPSA) is 79.6 Å². The minimum absolute atomic E-state index is 0.682. The van der Waals surface area contributed by atoms with Crippen molar-refractivity contribution in [2.45, 2.75) is 13.5 Å². The number of aryl methyl sites for hydroxylation is 1. The molecular weight excluding hydrogens is 238 g/mol. The number of aromatic amines is 1. The molecule has 0 spiro atoms. The molecule has 0 amide bonds. The van der Waals surface area contributed by atoms with Gasteiger partial charge in [0, 0.05) is 6.54 Å². The van der Waals surface area contributed by atoms with E-state index in [-0.39, 0.29) is 0 Å². The van der Waals surface area contributed by atoms with Gasteiger partial charge >= 0.3 is 0 Å². The number of nitrogens with zero attached hydrogens (tertiary/aromatic N) is 2. The van der Waals surface area contributed by atoms with E-state index in [0.717, 1.165) is 22.4 Å². The number of benzene rings is 1. The van der Waals surface area contributed by atoms with Gasteiger partial charge in [0.15, 0.2) is 0 Å². The molecule has 5 nitrogen and oxygen atoms in total. The summed E-state index contributed by atoms with van der Waals surface area (Å²) in [5, 5.41) is 3.31. The summed E-state index contributed by atoms with van der Waals surface area (Å²) < 4.78 is 0. The number of aromatic nitrogens is 3. The molecule has 0 unspecified atom stereocenters. The Bertz CT molecular complexity index is 717. The molecule has 0 aliphatic heterocycles. The zero-order chi connectivity index (χ0) is 13.2. The Balaban J connectivity index is 1.77. The van der Waals surface area contributed by atoms with Gasteiger partial charge in [0.2, 0.25) is 0 Å². The molecule has 4 N–H and O–H groups in total. The zero-order valence-corrected chi connectivity index (χ0v) is 10.6. The van der Waals surface area contributed by atoms with Crippen LogP contribution in [0.3, 0.4) is 0 Å². The Kier molecular flexibility index (Phi) is 2.79. The molecule has 19 heavy (non-hydrogen) atoms. The van der Waals surface area contributed by atoms with Gasteiger partial charge in [-0.3, -0.25) is 0 Å². The second kappa shape index (κ2) is 4.61. The van der Waals surface area contributed by atoms with Crippen LogP contribution < -0.4 is 11.1 Å². The molecule has 96 valence electrons. The van der Waals surface area contributed by atoms with Crippen molar-refractivity contribution in [3.8, 4) is 0 Å². The van der Waals surface area contributed by atoms with Gasteiger partial charge in [-0.15, -0.1) is 0 Å². The first-order chi connectivity index (χ1) is 9.22. The Morgan fingerprint density at radius 3 is 3.00 bits per heavy atom. The van der Waals surface area contributed by atoms with Crippen molar-refractivity contribution in [2.24, 2.45) is 0 Å². The fourth-order valence-corrected chi connectivity index (χ4v) is 2.06. The highest BCUT2D eigenvalue weighted by molar-refractivity contribution is 5.75. The van der Waals surface area contributed by atoms with Crippen molar-refractivity contribution >= 4 is 22.5 Å². The number of nitrogens with two attached hydrogens (primary N) is 1. The number of hydrogen-bond acceptors (Lipinski definition) is 4. The fraction of sp³-hybridized carbons (Fsp3) is 0.143. The van der Waals surface area contributed by atoms with Gasteiger partial charge in [-0.2, -0.15) is 0 Å². The van der Waals surface area contributed by atoms with Gasteiger partial charge in [-0.1, -0.05) is 6.07 Å². The summed E-state index contributed by atoms with van der Waals surface area (Å²) in [6.45, 7) is 2.70. The van der Waals surface area contributed by atoms with Crippen molar-refractivity contribution < 1.29 is 0 Å². The van der Waals surface area contributed by atoms with Crippen LogP contribution in [0.4, 0.5) is 11.5 Å². The van der Waals surface area contributed by atoms with Crippen LogP contribution in [0, 0.1) is 6.92 Å².